The van der Waals surface area contributed by atoms with Gasteiger partial charge in [-0.2, -0.15) is 4.72 Å². The van der Waals surface area contributed by atoms with Crippen LogP contribution in [0, 0.1) is 13.8 Å². The third kappa shape index (κ3) is 6.34. The quantitative estimate of drug-likeness (QED) is 0.498. The van der Waals surface area contributed by atoms with E-state index in [0.29, 0.717) is 11.4 Å². The molecule has 174 valence electrons. The Labute approximate surface area is 194 Å². The van der Waals surface area contributed by atoms with Gasteiger partial charge < -0.3 is 14.8 Å². The lowest BCUT2D eigenvalue weighted by Crippen LogP contribution is -2.45. The molecule has 0 radical (unpaired) electrons. The van der Waals surface area contributed by atoms with Crippen molar-refractivity contribution in [2.24, 2.45) is 0 Å². The molecule has 3 aromatic carbocycles. The first-order valence-electron chi connectivity index (χ1n) is 10.4. The molecule has 2 N–H and O–H groups in total. The molecule has 0 unspecified atom stereocenters. The zero-order chi connectivity index (χ0) is 24.0. The van der Waals surface area contributed by atoms with E-state index >= 15 is 0 Å². The van der Waals surface area contributed by atoms with Crippen LogP contribution in [0.4, 0.5) is 5.69 Å². The predicted molar refractivity (Wildman–Crippen MR) is 128 cm³/mol. The maximum atomic E-state index is 13.2. The number of rotatable bonds is 9. The van der Waals surface area contributed by atoms with Gasteiger partial charge in [-0.1, -0.05) is 36.4 Å². The molecule has 0 saturated heterocycles. The summed E-state index contributed by atoms with van der Waals surface area (Å²) in [6.45, 7) is 3.87. The highest BCUT2D eigenvalue weighted by atomic mass is 32.2. The first kappa shape index (κ1) is 24.3. The normalized spacial score (nSPS) is 12.1. The summed E-state index contributed by atoms with van der Waals surface area (Å²) in [5.74, 6) is 0.234. The Morgan fingerprint density at radius 2 is 1.52 bits per heavy atom. The molecule has 0 aliphatic carbocycles. The number of nitrogens with one attached hydrogen (secondary N) is 2. The molecule has 3 rings (SSSR count). The molecule has 1 amide bonds. The van der Waals surface area contributed by atoms with Crippen molar-refractivity contribution in [3.63, 3.8) is 0 Å². The maximum absolute atomic E-state index is 13.2. The van der Waals surface area contributed by atoms with E-state index in [-0.39, 0.29) is 17.1 Å². The number of ether oxygens (including phenoxy) is 2. The van der Waals surface area contributed by atoms with Crippen LogP contribution in [0.1, 0.15) is 16.7 Å². The van der Waals surface area contributed by atoms with Gasteiger partial charge in [0.2, 0.25) is 15.9 Å². The number of hydrogen-bond acceptors (Lipinski definition) is 5. The molecule has 3 aromatic rings. The van der Waals surface area contributed by atoms with Gasteiger partial charge in [0, 0.05) is 11.8 Å². The zero-order valence-electron chi connectivity index (χ0n) is 19.1. The van der Waals surface area contributed by atoms with Crippen LogP contribution in [0.5, 0.6) is 11.5 Å². The van der Waals surface area contributed by atoms with Crippen LogP contribution in [0.15, 0.2) is 71.6 Å². The molecule has 0 saturated carbocycles. The van der Waals surface area contributed by atoms with E-state index in [1.54, 1.807) is 0 Å². The van der Waals surface area contributed by atoms with Crippen LogP contribution in [-0.4, -0.2) is 34.6 Å². The molecule has 0 fully saturated rings. The number of methoxy groups -OCH3 is 2. The number of sulfonamides is 1. The molecule has 33 heavy (non-hydrogen) atoms. The van der Waals surface area contributed by atoms with Gasteiger partial charge in [0.1, 0.15) is 6.04 Å². The highest BCUT2D eigenvalue weighted by molar-refractivity contribution is 7.89. The van der Waals surface area contributed by atoms with Crippen LogP contribution in [0.3, 0.4) is 0 Å². The highest BCUT2D eigenvalue weighted by Crippen LogP contribution is 2.29. The van der Waals surface area contributed by atoms with Crippen molar-refractivity contribution >= 4 is 21.6 Å². The molecule has 0 spiro atoms. The molecule has 7 nitrogen and oxygen atoms in total. The lowest BCUT2D eigenvalue weighted by Gasteiger charge is -2.20. The third-order valence-corrected chi connectivity index (χ3v) is 6.52. The molecule has 0 aliphatic rings. The van der Waals surface area contributed by atoms with Gasteiger partial charge in [0.25, 0.3) is 0 Å². The van der Waals surface area contributed by atoms with Gasteiger partial charge in [-0.05, 0) is 61.2 Å². The summed E-state index contributed by atoms with van der Waals surface area (Å²) in [7, 11) is -1.14. The van der Waals surface area contributed by atoms with Gasteiger partial charge in [-0.3, -0.25) is 4.79 Å². The second kappa shape index (κ2) is 10.5. The summed E-state index contributed by atoms with van der Waals surface area (Å²) >= 11 is 0. The number of benzene rings is 3. The predicted octanol–water partition coefficient (Wildman–Crippen LogP) is 3.85. The Kier molecular flexibility index (Phi) is 7.73. The number of carbonyl (C=O) groups excluding carboxylic acids is 1. The summed E-state index contributed by atoms with van der Waals surface area (Å²) in [4.78, 5) is 13.2. The molecular formula is C25H28N2O5S. The minimum absolute atomic E-state index is 0.0302. The number of hydrogen-bond donors (Lipinski definition) is 2. The summed E-state index contributed by atoms with van der Waals surface area (Å²) < 4.78 is 39.3. The Hall–Kier alpha value is -3.36. The lowest BCUT2D eigenvalue weighted by molar-refractivity contribution is -0.117. The van der Waals surface area contributed by atoms with Crippen molar-refractivity contribution in [1.82, 2.24) is 4.72 Å². The second-order valence-electron chi connectivity index (χ2n) is 7.75. The van der Waals surface area contributed by atoms with Crippen molar-refractivity contribution in [2.45, 2.75) is 31.2 Å². The minimum Gasteiger partial charge on any atom is -0.493 e. The van der Waals surface area contributed by atoms with Crippen molar-refractivity contribution in [1.29, 1.82) is 0 Å². The van der Waals surface area contributed by atoms with E-state index in [9.17, 15) is 13.2 Å². The van der Waals surface area contributed by atoms with Crippen LogP contribution in [-0.2, 0) is 21.2 Å². The number of amides is 1. The van der Waals surface area contributed by atoms with E-state index in [4.69, 9.17) is 9.47 Å². The molecule has 0 bridgehead atoms. The topological polar surface area (TPSA) is 93.7 Å². The fourth-order valence-electron chi connectivity index (χ4n) is 3.55. The molecule has 8 heteroatoms. The van der Waals surface area contributed by atoms with E-state index in [1.165, 1.54) is 32.4 Å². The average molecular weight is 469 g/mol. The van der Waals surface area contributed by atoms with Crippen molar-refractivity contribution in [3.05, 3.63) is 83.4 Å². The monoisotopic (exact) mass is 468 g/mol. The Balaban J connectivity index is 1.91. The minimum atomic E-state index is -4.04. The van der Waals surface area contributed by atoms with Crippen LogP contribution in [0.2, 0.25) is 0 Å². The van der Waals surface area contributed by atoms with Gasteiger partial charge in [-0.15, -0.1) is 0 Å². The summed E-state index contributed by atoms with van der Waals surface area (Å²) in [5, 5.41) is 2.85. The fourth-order valence-corrected chi connectivity index (χ4v) is 4.76. The van der Waals surface area contributed by atoms with Crippen molar-refractivity contribution < 1.29 is 22.7 Å². The highest BCUT2D eigenvalue weighted by Gasteiger charge is 2.27. The average Bonchev–Trinajstić information content (AvgIpc) is 2.78. The molecule has 0 heterocycles. The Morgan fingerprint density at radius 3 is 2.12 bits per heavy atom. The second-order valence-corrected chi connectivity index (χ2v) is 9.46. The molecular weight excluding hydrogens is 440 g/mol. The van der Waals surface area contributed by atoms with Crippen molar-refractivity contribution in [2.75, 3.05) is 19.5 Å². The standard InChI is InChI=1S/C25H28N2O5S/c1-17-12-18(2)14-20(13-17)26-25(28)22(15-19-8-6-5-7-9-19)27-33(29,30)21-10-11-23(31-3)24(16-21)32-4/h5-14,16,22,27H,15H2,1-4H3,(H,26,28)/t22-/m0/s1. The lowest BCUT2D eigenvalue weighted by atomic mass is 10.1. The van der Waals surface area contributed by atoms with Crippen LogP contribution >= 0.6 is 0 Å². The summed E-state index contributed by atoms with van der Waals surface area (Å²) in [5.41, 5.74) is 3.43. The number of carbonyl (C=O) groups is 1. The van der Waals surface area contributed by atoms with Crippen molar-refractivity contribution in [3.8, 4) is 11.5 Å². The summed E-state index contributed by atoms with van der Waals surface area (Å²) in [6, 6.07) is 18.2. The summed E-state index contributed by atoms with van der Waals surface area (Å²) in [6.07, 6.45) is 0.185. The van der Waals surface area contributed by atoms with E-state index in [2.05, 4.69) is 10.0 Å². The molecule has 0 aliphatic heterocycles. The maximum Gasteiger partial charge on any atom is 0.242 e. The van der Waals surface area contributed by atoms with E-state index < -0.39 is 22.0 Å². The number of aryl methyl sites for hydroxylation is 2. The molecule has 1 atom stereocenters. The van der Waals surface area contributed by atoms with Crippen LogP contribution in [0.25, 0.3) is 0 Å². The third-order valence-electron chi connectivity index (χ3n) is 5.05. The van der Waals surface area contributed by atoms with Gasteiger partial charge in [-0.25, -0.2) is 8.42 Å². The van der Waals surface area contributed by atoms with Crippen LogP contribution < -0.4 is 19.5 Å². The Morgan fingerprint density at radius 1 is 0.879 bits per heavy atom. The fraction of sp³-hybridized carbons (Fsp3) is 0.240. The smallest absolute Gasteiger partial charge is 0.242 e. The Bertz CT molecular complexity index is 1210. The molecule has 0 aromatic heterocycles. The largest absolute Gasteiger partial charge is 0.493 e. The SMILES string of the molecule is COc1ccc(S(=O)(=O)N[C@@H](Cc2ccccc2)C(=O)Nc2cc(C)cc(C)c2)cc1OC. The first-order chi connectivity index (χ1) is 15.7. The van der Waals surface area contributed by atoms with Gasteiger partial charge in [0.15, 0.2) is 11.5 Å². The van der Waals surface area contributed by atoms with E-state index in [0.717, 1.165) is 16.7 Å². The zero-order valence-corrected chi connectivity index (χ0v) is 19.9. The van der Waals surface area contributed by atoms with Gasteiger partial charge in [0.05, 0.1) is 19.1 Å². The number of anilines is 1. The van der Waals surface area contributed by atoms with E-state index in [1.807, 2.05) is 62.4 Å². The first-order valence-corrected chi connectivity index (χ1v) is 11.9. The van der Waals surface area contributed by atoms with Gasteiger partial charge >= 0.3 is 0 Å².